The number of H-pyrrole nitrogens is 1. The normalized spacial score (nSPS) is 10.2. The quantitative estimate of drug-likeness (QED) is 0.788. The van der Waals surface area contributed by atoms with Gasteiger partial charge < -0.3 is 0 Å². The van der Waals surface area contributed by atoms with Gasteiger partial charge in [0.25, 0.3) is 0 Å². The fourth-order valence-electron chi connectivity index (χ4n) is 0.957. The van der Waals surface area contributed by atoms with Gasteiger partial charge in [-0.05, 0) is 18.6 Å². The summed E-state index contributed by atoms with van der Waals surface area (Å²) in [6.07, 6.45) is 1.76. The molecular formula is C9H8N3S. The standard InChI is InChI=1S/C9H8N3S/c1-7-4-2-3-5-8(7)13-9-6-10-12-11-9/h2-6H,1H2,(H,10,11,12). The van der Waals surface area contributed by atoms with Crippen molar-refractivity contribution in [2.45, 2.75) is 9.92 Å². The van der Waals surface area contributed by atoms with Crippen LogP contribution in [-0.4, -0.2) is 15.4 Å². The van der Waals surface area contributed by atoms with Crippen LogP contribution in [0.1, 0.15) is 5.56 Å². The largest absolute Gasteiger partial charge is 0.264 e. The van der Waals surface area contributed by atoms with Crippen LogP contribution in [0, 0.1) is 6.92 Å². The Morgan fingerprint density at radius 2 is 2.15 bits per heavy atom. The van der Waals surface area contributed by atoms with Gasteiger partial charge in [-0.25, -0.2) is 0 Å². The molecule has 0 fully saturated rings. The van der Waals surface area contributed by atoms with Crippen LogP contribution in [0.3, 0.4) is 0 Å². The molecule has 1 aromatic heterocycles. The minimum Gasteiger partial charge on any atom is -0.264 e. The van der Waals surface area contributed by atoms with Crippen molar-refractivity contribution in [1.29, 1.82) is 0 Å². The lowest BCUT2D eigenvalue weighted by atomic mass is 10.2. The number of aromatic amines is 1. The Bertz CT molecular complexity index is 384. The van der Waals surface area contributed by atoms with E-state index in [1.165, 1.54) is 0 Å². The molecule has 3 nitrogen and oxygen atoms in total. The van der Waals surface area contributed by atoms with Crippen LogP contribution >= 0.6 is 11.8 Å². The molecule has 1 aromatic carbocycles. The number of benzene rings is 1. The lowest BCUT2D eigenvalue weighted by molar-refractivity contribution is 0.911. The van der Waals surface area contributed by atoms with Gasteiger partial charge in [-0.3, -0.25) is 5.10 Å². The molecule has 0 aliphatic heterocycles. The number of rotatable bonds is 2. The summed E-state index contributed by atoms with van der Waals surface area (Å²) in [4.78, 5) is 1.11. The van der Waals surface area contributed by atoms with Crippen LogP contribution in [0.25, 0.3) is 0 Å². The van der Waals surface area contributed by atoms with Gasteiger partial charge >= 0.3 is 0 Å². The van der Waals surface area contributed by atoms with E-state index in [0.717, 1.165) is 15.5 Å². The second-order valence-electron chi connectivity index (χ2n) is 2.52. The Hall–Kier alpha value is -1.29. The summed E-state index contributed by atoms with van der Waals surface area (Å²) in [5, 5.41) is 11.0. The van der Waals surface area contributed by atoms with Crippen LogP contribution < -0.4 is 0 Å². The van der Waals surface area contributed by atoms with Crippen molar-refractivity contribution in [2.75, 3.05) is 0 Å². The summed E-state index contributed by atoms with van der Waals surface area (Å²) >= 11 is 1.55. The van der Waals surface area contributed by atoms with Gasteiger partial charge in [0.15, 0.2) is 0 Å². The van der Waals surface area contributed by atoms with Gasteiger partial charge in [-0.1, -0.05) is 35.2 Å². The molecule has 1 heterocycles. The molecular weight excluding hydrogens is 182 g/mol. The number of hydrogen-bond donors (Lipinski definition) is 1. The van der Waals surface area contributed by atoms with Crippen molar-refractivity contribution >= 4 is 11.8 Å². The Kier molecular flexibility index (Phi) is 2.31. The second kappa shape index (κ2) is 3.62. The highest BCUT2D eigenvalue weighted by Crippen LogP contribution is 2.27. The zero-order chi connectivity index (χ0) is 9.10. The third-order valence-electron chi connectivity index (χ3n) is 1.58. The van der Waals surface area contributed by atoms with E-state index in [4.69, 9.17) is 0 Å². The first-order valence-corrected chi connectivity index (χ1v) is 4.63. The zero-order valence-corrected chi connectivity index (χ0v) is 7.71. The Morgan fingerprint density at radius 1 is 1.31 bits per heavy atom. The molecule has 4 heteroatoms. The maximum Gasteiger partial charge on any atom is 0.143 e. The number of nitrogens with zero attached hydrogens (tertiary/aromatic N) is 2. The summed E-state index contributed by atoms with van der Waals surface area (Å²) < 4.78 is 0. The number of hydrogen-bond acceptors (Lipinski definition) is 3. The minimum atomic E-state index is 0.858. The van der Waals surface area contributed by atoms with Gasteiger partial charge in [-0.2, -0.15) is 0 Å². The molecule has 13 heavy (non-hydrogen) atoms. The van der Waals surface area contributed by atoms with Gasteiger partial charge in [0, 0.05) is 4.90 Å². The van der Waals surface area contributed by atoms with Crippen LogP contribution in [0.15, 0.2) is 40.4 Å². The van der Waals surface area contributed by atoms with Crippen molar-refractivity contribution in [1.82, 2.24) is 15.4 Å². The SMILES string of the molecule is [CH2]c1ccccc1Sc1c[nH]nn1. The van der Waals surface area contributed by atoms with Crippen LogP contribution in [0.2, 0.25) is 0 Å². The predicted molar refractivity (Wildman–Crippen MR) is 51.4 cm³/mol. The van der Waals surface area contributed by atoms with Crippen LogP contribution in [0.5, 0.6) is 0 Å². The first-order valence-electron chi connectivity index (χ1n) is 3.81. The van der Waals surface area contributed by atoms with E-state index in [1.807, 2.05) is 24.3 Å². The monoisotopic (exact) mass is 190 g/mol. The molecule has 2 rings (SSSR count). The molecule has 1 N–H and O–H groups in total. The minimum absolute atomic E-state index is 0.858. The van der Waals surface area contributed by atoms with Crippen molar-refractivity contribution in [3.05, 3.63) is 42.9 Å². The van der Waals surface area contributed by atoms with E-state index in [1.54, 1.807) is 18.0 Å². The summed E-state index contributed by atoms with van der Waals surface area (Å²) in [6.45, 7) is 3.92. The van der Waals surface area contributed by atoms with Gasteiger partial charge in [0.1, 0.15) is 5.03 Å². The highest BCUT2D eigenvalue weighted by molar-refractivity contribution is 7.99. The highest BCUT2D eigenvalue weighted by Gasteiger charge is 2.01. The van der Waals surface area contributed by atoms with Crippen LogP contribution in [0.4, 0.5) is 0 Å². The molecule has 0 bridgehead atoms. The zero-order valence-electron chi connectivity index (χ0n) is 6.90. The first-order chi connectivity index (χ1) is 6.36. The molecule has 65 valence electrons. The van der Waals surface area contributed by atoms with Gasteiger partial charge in [0.05, 0.1) is 6.20 Å². The maximum absolute atomic E-state index is 3.92. The Labute approximate surface area is 80.6 Å². The van der Waals surface area contributed by atoms with E-state index in [9.17, 15) is 0 Å². The Balaban J connectivity index is 2.24. The van der Waals surface area contributed by atoms with E-state index in [2.05, 4.69) is 22.3 Å². The third kappa shape index (κ3) is 1.89. The van der Waals surface area contributed by atoms with Gasteiger partial charge in [0.2, 0.25) is 0 Å². The van der Waals surface area contributed by atoms with Crippen molar-refractivity contribution in [3.63, 3.8) is 0 Å². The molecule has 0 unspecified atom stereocenters. The highest BCUT2D eigenvalue weighted by atomic mass is 32.2. The molecule has 1 radical (unpaired) electrons. The molecule has 0 spiro atoms. The number of aromatic nitrogens is 3. The van der Waals surface area contributed by atoms with Crippen molar-refractivity contribution < 1.29 is 0 Å². The van der Waals surface area contributed by atoms with Gasteiger partial charge in [-0.15, -0.1) is 5.10 Å². The predicted octanol–water partition coefficient (Wildman–Crippen LogP) is 2.14. The molecule has 0 saturated carbocycles. The molecule has 2 aromatic rings. The van der Waals surface area contributed by atoms with Crippen molar-refractivity contribution in [3.8, 4) is 0 Å². The second-order valence-corrected chi connectivity index (χ2v) is 3.58. The molecule has 0 aliphatic carbocycles. The molecule has 0 aliphatic rings. The summed E-state index contributed by atoms with van der Waals surface area (Å²) in [5.41, 5.74) is 1.01. The lowest BCUT2D eigenvalue weighted by Gasteiger charge is -2.00. The van der Waals surface area contributed by atoms with E-state index >= 15 is 0 Å². The third-order valence-corrected chi connectivity index (χ3v) is 2.61. The summed E-state index contributed by atoms with van der Waals surface area (Å²) in [6, 6.07) is 7.94. The van der Waals surface area contributed by atoms with E-state index in [0.29, 0.717) is 0 Å². The summed E-state index contributed by atoms with van der Waals surface area (Å²) in [5.74, 6) is 0. The molecule has 0 saturated heterocycles. The first kappa shape index (κ1) is 8.31. The summed E-state index contributed by atoms with van der Waals surface area (Å²) in [7, 11) is 0. The fraction of sp³-hybridized carbons (Fsp3) is 0. The number of nitrogens with one attached hydrogen (secondary N) is 1. The average Bonchev–Trinajstić information content (AvgIpc) is 2.61. The Morgan fingerprint density at radius 3 is 2.85 bits per heavy atom. The van der Waals surface area contributed by atoms with Crippen molar-refractivity contribution in [2.24, 2.45) is 0 Å². The molecule has 0 amide bonds. The molecule has 0 atom stereocenters. The lowest BCUT2D eigenvalue weighted by Crippen LogP contribution is -1.78. The smallest absolute Gasteiger partial charge is 0.143 e. The maximum atomic E-state index is 3.92. The topological polar surface area (TPSA) is 41.6 Å². The van der Waals surface area contributed by atoms with Crippen LogP contribution in [-0.2, 0) is 0 Å². The fourth-order valence-corrected chi connectivity index (χ4v) is 1.72. The van der Waals surface area contributed by atoms with E-state index in [-0.39, 0.29) is 0 Å². The average molecular weight is 190 g/mol. The van der Waals surface area contributed by atoms with E-state index < -0.39 is 0 Å².